The number of rotatable bonds is 6. The van der Waals surface area contributed by atoms with Gasteiger partial charge in [0, 0.05) is 20.3 Å². The van der Waals surface area contributed by atoms with Crippen LogP contribution in [-0.2, 0) is 15.6 Å². The molecule has 33 heavy (non-hydrogen) atoms. The first-order valence-corrected chi connectivity index (χ1v) is 11.5. The zero-order chi connectivity index (χ0) is 22.9. The fourth-order valence-corrected chi connectivity index (χ4v) is 4.66. The first-order chi connectivity index (χ1) is 16.0. The van der Waals surface area contributed by atoms with Crippen molar-refractivity contribution in [2.75, 3.05) is 0 Å². The van der Waals surface area contributed by atoms with E-state index in [9.17, 15) is 4.79 Å². The molecule has 0 bridgehead atoms. The zero-order valence-electron chi connectivity index (χ0n) is 19.0. The number of amides is 1. The number of aryl methyl sites for hydroxylation is 1. The highest BCUT2D eigenvalue weighted by molar-refractivity contribution is 6.23. The molecule has 4 aromatic carbocycles. The van der Waals surface area contributed by atoms with Gasteiger partial charge < -0.3 is 9.74 Å². The summed E-state index contributed by atoms with van der Waals surface area (Å²) < 4.78 is 5.66. The fourth-order valence-electron chi connectivity index (χ4n) is 4.66. The van der Waals surface area contributed by atoms with Gasteiger partial charge in [0.1, 0.15) is 0 Å². The quantitative estimate of drug-likeness (QED) is 0.164. The SMILES string of the molecule is [CH-]=C1C=C(NC(=O)CCCc2ccc3ccc4cccc5ccc2c3c45)C=CC1=[O+]C(C)C. The lowest BCUT2D eigenvalue weighted by atomic mass is 9.90. The van der Waals surface area contributed by atoms with E-state index >= 15 is 0 Å². The van der Waals surface area contributed by atoms with Crippen LogP contribution in [-0.4, -0.2) is 17.8 Å². The number of nitrogens with one attached hydrogen (secondary N) is 1. The van der Waals surface area contributed by atoms with Gasteiger partial charge in [0.05, 0.1) is 0 Å². The molecule has 4 aromatic rings. The molecular formula is C30H27NO2. The summed E-state index contributed by atoms with van der Waals surface area (Å²) in [5.74, 6) is 0.627. The van der Waals surface area contributed by atoms with Crippen molar-refractivity contribution in [3.8, 4) is 0 Å². The molecule has 0 spiro atoms. The van der Waals surface area contributed by atoms with E-state index in [1.54, 1.807) is 12.2 Å². The first kappa shape index (κ1) is 21.1. The second-order valence-electron chi connectivity index (χ2n) is 8.90. The number of hydrogen-bond donors (Lipinski definition) is 1. The summed E-state index contributed by atoms with van der Waals surface area (Å²) >= 11 is 0. The summed E-state index contributed by atoms with van der Waals surface area (Å²) in [7, 11) is 0. The number of carbonyl (C=O) groups is 1. The van der Waals surface area contributed by atoms with Crippen LogP contribution in [0.5, 0.6) is 0 Å². The van der Waals surface area contributed by atoms with E-state index in [1.165, 1.54) is 37.9 Å². The summed E-state index contributed by atoms with van der Waals surface area (Å²) in [5, 5.41) is 10.7. The molecule has 0 aliphatic heterocycles. The predicted octanol–water partition coefficient (Wildman–Crippen LogP) is 6.35. The van der Waals surface area contributed by atoms with Gasteiger partial charge in [-0.1, -0.05) is 66.2 Å². The zero-order valence-corrected chi connectivity index (χ0v) is 19.0. The lowest BCUT2D eigenvalue weighted by molar-refractivity contribution is -0.492. The Labute approximate surface area is 194 Å². The average Bonchev–Trinajstić information content (AvgIpc) is 2.80. The van der Waals surface area contributed by atoms with Gasteiger partial charge in [0.25, 0.3) is 6.10 Å². The molecule has 0 heterocycles. The van der Waals surface area contributed by atoms with Crippen LogP contribution in [0.3, 0.4) is 0 Å². The molecule has 3 nitrogen and oxygen atoms in total. The Kier molecular flexibility index (Phi) is 5.55. The molecule has 0 fully saturated rings. The molecule has 1 amide bonds. The molecule has 0 unspecified atom stereocenters. The minimum Gasteiger partial charge on any atom is -0.337 e. The van der Waals surface area contributed by atoms with Crippen molar-refractivity contribution in [1.82, 2.24) is 5.32 Å². The Hall–Kier alpha value is -3.72. The van der Waals surface area contributed by atoms with Crippen LogP contribution in [0.2, 0.25) is 0 Å². The van der Waals surface area contributed by atoms with E-state index in [4.69, 9.17) is 11.0 Å². The van der Waals surface area contributed by atoms with Crippen LogP contribution in [0, 0.1) is 6.58 Å². The first-order valence-electron chi connectivity index (χ1n) is 11.5. The van der Waals surface area contributed by atoms with Gasteiger partial charge in [0.2, 0.25) is 11.7 Å². The standard InChI is InChI=1S/C30H27NO2/c1-19(2)33-27-17-15-25(18-20(27)3)31-28(32)9-5-6-21-10-11-24-13-12-22-7-4-8-23-14-16-26(21)30(24)29(22)23/h3-4,7-8,10-19H,5-6,9H2,1-2H3,(H,31,32). The monoisotopic (exact) mass is 433 g/mol. The minimum absolute atomic E-state index is 0.00959. The third-order valence-electron chi connectivity index (χ3n) is 6.13. The van der Waals surface area contributed by atoms with Crippen LogP contribution in [0.1, 0.15) is 32.3 Å². The number of ketones is 1. The molecule has 1 N–H and O–H groups in total. The maximum Gasteiger partial charge on any atom is 0.251 e. The van der Waals surface area contributed by atoms with E-state index in [0.717, 1.165) is 12.8 Å². The fraction of sp³-hybridized carbons (Fsp3) is 0.200. The minimum atomic E-state index is -0.00959. The van der Waals surface area contributed by atoms with Gasteiger partial charge >= 0.3 is 0 Å². The van der Waals surface area contributed by atoms with E-state index in [1.807, 2.05) is 19.9 Å². The topological polar surface area (TPSA) is 40.4 Å². The molecule has 0 atom stereocenters. The molecule has 0 saturated carbocycles. The summed E-state index contributed by atoms with van der Waals surface area (Å²) in [4.78, 5) is 12.5. The van der Waals surface area contributed by atoms with Crippen molar-refractivity contribution in [1.29, 1.82) is 0 Å². The van der Waals surface area contributed by atoms with Crippen LogP contribution in [0.4, 0.5) is 0 Å². The third-order valence-corrected chi connectivity index (χ3v) is 6.13. The number of benzene rings is 4. The lowest BCUT2D eigenvalue weighted by Crippen LogP contribution is -2.23. The molecular weight excluding hydrogens is 406 g/mol. The molecule has 1 aliphatic carbocycles. The normalized spacial score (nSPS) is 15.3. The Morgan fingerprint density at radius 1 is 0.939 bits per heavy atom. The van der Waals surface area contributed by atoms with E-state index < -0.39 is 0 Å². The summed E-state index contributed by atoms with van der Waals surface area (Å²) in [6, 6.07) is 19.7. The van der Waals surface area contributed by atoms with Gasteiger partial charge in [-0.3, -0.25) is 4.79 Å². The Morgan fingerprint density at radius 2 is 1.64 bits per heavy atom. The van der Waals surface area contributed by atoms with Crippen molar-refractivity contribution >= 4 is 44.0 Å². The molecule has 164 valence electrons. The highest BCUT2D eigenvalue weighted by atomic mass is 16.4. The third kappa shape index (κ3) is 4.19. The van der Waals surface area contributed by atoms with Crippen molar-refractivity contribution in [2.45, 2.75) is 39.2 Å². The van der Waals surface area contributed by atoms with Gasteiger partial charge in [-0.05, 0) is 62.5 Å². The molecule has 1 aliphatic rings. The average molecular weight is 434 g/mol. The Balaban J connectivity index is 1.28. The van der Waals surface area contributed by atoms with Crippen molar-refractivity contribution < 1.29 is 9.22 Å². The maximum atomic E-state index is 12.5. The number of allylic oxidation sites excluding steroid dienone is 4. The van der Waals surface area contributed by atoms with Crippen LogP contribution in [0.15, 0.2) is 84.1 Å². The van der Waals surface area contributed by atoms with Gasteiger partial charge in [-0.2, -0.15) is 0 Å². The van der Waals surface area contributed by atoms with Gasteiger partial charge in [-0.15, -0.1) is 6.08 Å². The molecule has 0 aromatic heterocycles. The Bertz CT molecular complexity index is 1450. The van der Waals surface area contributed by atoms with E-state index in [0.29, 0.717) is 23.5 Å². The highest BCUT2D eigenvalue weighted by Gasteiger charge is 2.13. The van der Waals surface area contributed by atoms with E-state index in [-0.39, 0.29) is 12.0 Å². The van der Waals surface area contributed by atoms with Crippen molar-refractivity contribution in [3.63, 3.8) is 0 Å². The van der Waals surface area contributed by atoms with Gasteiger partial charge in [-0.25, -0.2) is 6.58 Å². The predicted molar refractivity (Wildman–Crippen MR) is 136 cm³/mol. The maximum absolute atomic E-state index is 12.5. The molecule has 0 radical (unpaired) electrons. The highest BCUT2D eigenvalue weighted by Crippen LogP contribution is 2.36. The van der Waals surface area contributed by atoms with Crippen molar-refractivity contribution in [3.05, 3.63) is 96.2 Å². The summed E-state index contributed by atoms with van der Waals surface area (Å²) in [6.07, 6.45) is 7.50. The molecule has 3 heteroatoms. The second-order valence-corrected chi connectivity index (χ2v) is 8.90. The number of hydrogen-bond acceptors (Lipinski definition) is 1. The largest absolute Gasteiger partial charge is 0.337 e. The van der Waals surface area contributed by atoms with E-state index in [2.05, 4.69) is 59.9 Å². The number of carbonyl (C=O) groups excluding carboxylic acids is 2. The summed E-state index contributed by atoms with van der Waals surface area (Å²) in [5.41, 5.74) is 2.50. The van der Waals surface area contributed by atoms with Gasteiger partial charge in [0.15, 0.2) is 0 Å². The van der Waals surface area contributed by atoms with Crippen molar-refractivity contribution in [2.24, 2.45) is 0 Å². The molecule has 0 saturated heterocycles. The van der Waals surface area contributed by atoms with Crippen LogP contribution >= 0.6 is 0 Å². The lowest BCUT2D eigenvalue weighted by Gasteiger charge is -2.15. The Morgan fingerprint density at radius 3 is 2.36 bits per heavy atom. The van der Waals surface area contributed by atoms with Crippen LogP contribution < -0.4 is 5.32 Å². The smallest absolute Gasteiger partial charge is 0.251 e. The summed E-state index contributed by atoms with van der Waals surface area (Å²) in [6.45, 7) is 9.97. The molecule has 5 rings (SSSR count). The van der Waals surface area contributed by atoms with Crippen LogP contribution in [0.25, 0.3) is 32.3 Å². The second kappa shape index (κ2) is 8.67.